The Morgan fingerprint density at radius 1 is 1.15 bits per heavy atom. The van der Waals surface area contributed by atoms with E-state index in [0.29, 0.717) is 13.2 Å². The Kier molecular flexibility index (Phi) is 7.06. The second kappa shape index (κ2) is 9.72. The van der Waals surface area contributed by atoms with Crippen molar-refractivity contribution < 1.29 is 14.6 Å². The van der Waals surface area contributed by atoms with Crippen LogP contribution in [0.3, 0.4) is 0 Å². The summed E-state index contributed by atoms with van der Waals surface area (Å²) in [6.07, 6.45) is 1.95. The van der Waals surface area contributed by atoms with Gasteiger partial charge in [-0.2, -0.15) is 0 Å². The lowest BCUT2D eigenvalue weighted by molar-refractivity contribution is 0.0313. The monoisotopic (exact) mass is 355 g/mol. The van der Waals surface area contributed by atoms with Crippen LogP contribution < -0.4 is 4.74 Å². The van der Waals surface area contributed by atoms with Gasteiger partial charge in [0, 0.05) is 26.2 Å². The smallest absolute Gasteiger partial charge is 0.122 e. The largest absolute Gasteiger partial charge is 0.491 e. The number of aryl methyl sites for hydroxylation is 1. The average Bonchev–Trinajstić information content (AvgIpc) is 3.15. The standard InChI is InChI=1S/C22H29NO3/c1-18-8-5-6-12-22(18)26-17-20(24)15-23(16-21-11-7-13-25-21)14-19-9-3-2-4-10-19/h2-6,8-10,12,20-21,24H,7,11,13-17H2,1H3/t20-,21+/m1/s1. The molecule has 0 bridgehead atoms. The van der Waals surface area contributed by atoms with Crippen molar-refractivity contribution in [1.29, 1.82) is 0 Å². The van der Waals surface area contributed by atoms with Crippen LogP contribution >= 0.6 is 0 Å². The fourth-order valence-corrected chi connectivity index (χ4v) is 3.38. The zero-order valence-corrected chi connectivity index (χ0v) is 15.5. The molecule has 4 nitrogen and oxygen atoms in total. The van der Waals surface area contributed by atoms with Gasteiger partial charge in [0.2, 0.25) is 0 Å². The molecule has 140 valence electrons. The highest BCUT2D eigenvalue weighted by atomic mass is 16.5. The molecule has 1 saturated heterocycles. The second-order valence-corrected chi connectivity index (χ2v) is 7.05. The molecule has 0 saturated carbocycles. The summed E-state index contributed by atoms with van der Waals surface area (Å²) >= 11 is 0. The van der Waals surface area contributed by atoms with Crippen LogP contribution in [0.15, 0.2) is 54.6 Å². The topological polar surface area (TPSA) is 41.9 Å². The number of aliphatic hydroxyl groups excluding tert-OH is 1. The van der Waals surface area contributed by atoms with Crippen molar-refractivity contribution in [2.24, 2.45) is 0 Å². The second-order valence-electron chi connectivity index (χ2n) is 7.05. The molecule has 0 radical (unpaired) electrons. The first-order valence-electron chi connectivity index (χ1n) is 9.45. The average molecular weight is 355 g/mol. The van der Waals surface area contributed by atoms with Crippen molar-refractivity contribution in [3.05, 3.63) is 65.7 Å². The van der Waals surface area contributed by atoms with Gasteiger partial charge in [-0.15, -0.1) is 0 Å². The Labute approximate surface area is 156 Å². The normalized spacial score (nSPS) is 18.2. The van der Waals surface area contributed by atoms with E-state index in [-0.39, 0.29) is 6.10 Å². The molecule has 0 aromatic heterocycles. The van der Waals surface area contributed by atoms with Gasteiger partial charge in [-0.25, -0.2) is 0 Å². The van der Waals surface area contributed by atoms with Crippen LogP contribution in [-0.4, -0.2) is 48.5 Å². The number of para-hydroxylation sites is 1. The van der Waals surface area contributed by atoms with E-state index in [1.807, 2.05) is 37.3 Å². The van der Waals surface area contributed by atoms with Gasteiger partial charge in [-0.3, -0.25) is 4.90 Å². The SMILES string of the molecule is Cc1ccccc1OC[C@H](O)CN(Cc1ccccc1)C[C@@H]1CCCO1. The molecule has 1 aliphatic rings. The van der Waals surface area contributed by atoms with E-state index in [1.165, 1.54) is 5.56 Å². The maximum absolute atomic E-state index is 10.5. The van der Waals surface area contributed by atoms with Crippen LogP contribution in [-0.2, 0) is 11.3 Å². The molecule has 2 atom stereocenters. The van der Waals surface area contributed by atoms with Crippen LogP contribution in [0, 0.1) is 6.92 Å². The van der Waals surface area contributed by atoms with E-state index < -0.39 is 6.10 Å². The van der Waals surface area contributed by atoms with Crippen LogP contribution in [0.1, 0.15) is 24.0 Å². The number of benzene rings is 2. The quantitative estimate of drug-likeness (QED) is 0.748. The summed E-state index contributed by atoms with van der Waals surface area (Å²) in [5.41, 5.74) is 2.33. The predicted octanol–water partition coefficient (Wildman–Crippen LogP) is 3.42. The maximum Gasteiger partial charge on any atom is 0.122 e. The van der Waals surface area contributed by atoms with E-state index in [2.05, 4.69) is 29.2 Å². The number of nitrogens with zero attached hydrogens (tertiary/aromatic N) is 1. The first-order chi connectivity index (χ1) is 12.7. The highest BCUT2D eigenvalue weighted by Gasteiger charge is 2.21. The van der Waals surface area contributed by atoms with Gasteiger partial charge in [0.1, 0.15) is 18.5 Å². The lowest BCUT2D eigenvalue weighted by atomic mass is 10.1. The third kappa shape index (κ3) is 5.84. The number of hydrogen-bond acceptors (Lipinski definition) is 4. The van der Waals surface area contributed by atoms with Crippen molar-refractivity contribution >= 4 is 0 Å². The molecule has 1 aliphatic heterocycles. The van der Waals surface area contributed by atoms with Gasteiger partial charge in [0.25, 0.3) is 0 Å². The molecule has 1 N–H and O–H groups in total. The Balaban J connectivity index is 1.55. The molecule has 0 aliphatic carbocycles. The predicted molar refractivity (Wildman–Crippen MR) is 103 cm³/mol. The molecule has 0 unspecified atom stereocenters. The van der Waals surface area contributed by atoms with Crippen LogP contribution in [0.5, 0.6) is 5.75 Å². The van der Waals surface area contributed by atoms with Gasteiger partial charge >= 0.3 is 0 Å². The Morgan fingerprint density at radius 2 is 1.92 bits per heavy atom. The minimum atomic E-state index is -0.542. The number of ether oxygens (including phenoxy) is 2. The fraction of sp³-hybridized carbons (Fsp3) is 0.455. The zero-order chi connectivity index (χ0) is 18.2. The highest BCUT2D eigenvalue weighted by Crippen LogP contribution is 2.18. The highest BCUT2D eigenvalue weighted by molar-refractivity contribution is 5.31. The van der Waals surface area contributed by atoms with Gasteiger partial charge in [-0.1, -0.05) is 48.5 Å². The minimum Gasteiger partial charge on any atom is -0.491 e. The van der Waals surface area contributed by atoms with E-state index in [0.717, 1.165) is 43.9 Å². The molecule has 2 aromatic rings. The minimum absolute atomic E-state index is 0.267. The van der Waals surface area contributed by atoms with Crippen molar-refractivity contribution in [3.63, 3.8) is 0 Å². The summed E-state index contributed by atoms with van der Waals surface area (Å²) in [6, 6.07) is 18.3. The molecule has 4 heteroatoms. The summed E-state index contributed by atoms with van der Waals surface area (Å²) < 4.78 is 11.6. The summed E-state index contributed by atoms with van der Waals surface area (Å²) in [4.78, 5) is 2.27. The van der Waals surface area contributed by atoms with E-state index in [4.69, 9.17) is 9.47 Å². The van der Waals surface area contributed by atoms with Crippen molar-refractivity contribution in [1.82, 2.24) is 4.90 Å². The van der Waals surface area contributed by atoms with Crippen molar-refractivity contribution in [2.75, 3.05) is 26.3 Å². The van der Waals surface area contributed by atoms with Crippen LogP contribution in [0.25, 0.3) is 0 Å². The number of hydrogen-bond donors (Lipinski definition) is 1. The van der Waals surface area contributed by atoms with E-state index >= 15 is 0 Å². The van der Waals surface area contributed by atoms with Crippen molar-refractivity contribution in [3.8, 4) is 5.75 Å². The molecular weight excluding hydrogens is 326 g/mol. The van der Waals surface area contributed by atoms with Crippen LogP contribution in [0.2, 0.25) is 0 Å². The Hall–Kier alpha value is -1.88. The fourth-order valence-electron chi connectivity index (χ4n) is 3.38. The van der Waals surface area contributed by atoms with Crippen molar-refractivity contribution in [2.45, 2.75) is 38.5 Å². The molecule has 2 aromatic carbocycles. The molecule has 1 fully saturated rings. The number of rotatable bonds is 9. The summed E-state index contributed by atoms with van der Waals surface area (Å²) in [7, 11) is 0. The third-order valence-corrected chi connectivity index (χ3v) is 4.73. The molecule has 1 heterocycles. The first-order valence-corrected chi connectivity index (χ1v) is 9.45. The van der Waals surface area contributed by atoms with E-state index in [1.54, 1.807) is 0 Å². The van der Waals surface area contributed by atoms with Gasteiger partial charge in [-0.05, 0) is 37.0 Å². The third-order valence-electron chi connectivity index (χ3n) is 4.73. The number of aliphatic hydroxyl groups is 1. The lowest BCUT2D eigenvalue weighted by Gasteiger charge is -2.27. The molecule has 0 spiro atoms. The van der Waals surface area contributed by atoms with Gasteiger partial charge in [0.15, 0.2) is 0 Å². The lowest BCUT2D eigenvalue weighted by Crippen LogP contribution is -2.39. The Bertz CT molecular complexity index is 655. The molecular formula is C22H29NO3. The van der Waals surface area contributed by atoms with E-state index in [9.17, 15) is 5.11 Å². The zero-order valence-electron chi connectivity index (χ0n) is 15.5. The summed E-state index contributed by atoms with van der Waals surface area (Å²) in [6.45, 7) is 5.38. The summed E-state index contributed by atoms with van der Waals surface area (Å²) in [5, 5.41) is 10.5. The first kappa shape index (κ1) is 18.9. The maximum atomic E-state index is 10.5. The van der Waals surface area contributed by atoms with Crippen LogP contribution in [0.4, 0.5) is 0 Å². The Morgan fingerprint density at radius 3 is 2.65 bits per heavy atom. The van der Waals surface area contributed by atoms with Gasteiger partial charge in [0.05, 0.1) is 6.10 Å². The molecule has 0 amide bonds. The summed E-state index contributed by atoms with van der Waals surface area (Å²) in [5.74, 6) is 0.834. The molecule has 3 rings (SSSR count). The molecule has 26 heavy (non-hydrogen) atoms. The van der Waals surface area contributed by atoms with Gasteiger partial charge < -0.3 is 14.6 Å².